The molecule has 8 nitrogen and oxygen atoms in total. The van der Waals surface area contributed by atoms with Crippen molar-refractivity contribution in [2.75, 3.05) is 25.6 Å². The van der Waals surface area contributed by atoms with Crippen molar-refractivity contribution in [1.82, 2.24) is 4.90 Å². The summed E-state index contributed by atoms with van der Waals surface area (Å²) in [4.78, 5) is 26.2. The van der Waals surface area contributed by atoms with Crippen LogP contribution in [0.4, 0.5) is 19.7 Å². The fourth-order valence-corrected chi connectivity index (χ4v) is 4.91. The Labute approximate surface area is 181 Å². The molecule has 0 spiro atoms. The van der Waals surface area contributed by atoms with Crippen molar-refractivity contribution in [1.29, 1.82) is 0 Å². The third kappa shape index (κ3) is 4.08. The maximum Gasteiger partial charge on any atom is 0.418 e. The van der Waals surface area contributed by atoms with Crippen molar-refractivity contribution in [2.24, 2.45) is 5.73 Å². The minimum atomic E-state index is -0.990. The predicted molar refractivity (Wildman–Crippen MR) is 116 cm³/mol. The minimum absolute atomic E-state index is 0.175. The summed E-state index contributed by atoms with van der Waals surface area (Å²) >= 11 is 0. The monoisotopic (exact) mass is 447 g/mol. The molecule has 0 bridgehead atoms. The number of halogens is 1. The van der Waals surface area contributed by atoms with Crippen LogP contribution in [0.5, 0.6) is 5.75 Å². The summed E-state index contributed by atoms with van der Waals surface area (Å²) in [5, 5.41) is 4.46. The van der Waals surface area contributed by atoms with Crippen LogP contribution in [-0.2, 0) is 9.47 Å². The molecule has 0 aromatic heterocycles. The lowest BCUT2D eigenvalue weighted by Gasteiger charge is -2.29. The highest BCUT2D eigenvalue weighted by Gasteiger charge is 2.32. The number of benzene rings is 1. The molecule has 1 aromatic carbocycles. The Kier molecular flexibility index (Phi) is 5.84. The van der Waals surface area contributed by atoms with Crippen LogP contribution in [0.15, 0.2) is 52.3 Å². The predicted octanol–water partition coefficient (Wildman–Crippen LogP) is 3.65. The van der Waals surface area contributed by atoms with Crippen LogP contribution in [0.3, 0.4) is 0 Å². The molecule has 0 radical (unpaired) electrons. The van der Waals surface area contributed by atoms with Gasteiger partial charge in [0.15, 0.2) is 0 Å². The van der Waals surface area contributed by atoms with Crippen molar-refractivity contribution in [3.8, 4) is 5.75 Å². The van der Waals surface area contributed by atoms with Gasteiger partial charge in [-0.2, -0.15) is 0 Å². The van der Waals surface area contributed by atoms with Gasteiger partial charge in [-0.3, -0.25) is 9.69 Å². The van der Waals surface area contributed by atoms with Crippen molar-refractivity contribution in [2.45, 2.75) is 19.4 Å². The second-order valence-corrected chi connectivity index (χ2v) is 8.83. The van der Waals surface area contributed by atoms with E-state index in [0.29, 0.717) is 47.4 Å². The van der Waals surface area contributed by atoms with Gasteiger partial charge in [-0.25, -0.2) is 9.18 Å². The molecule has 3 N–H and O–H groups in total. The Balaban J connectivity index is 1.72. The Bertz CT molecular complexity index is 1070. The number of primary amides is 1. The number of nitrogens with two attached hydrogens (primary N) is 1. The Morgan fingerprint density at radius 2 is 2.19 bits per heavy atom. The third-order valence-electron chi connectivity index (χ3n) is 5.08. The van der Waals surface area contributed by atoms with Crippen LogP contribution in [0.2, 0.25) is 0 Å². The van der Waals surface area contributed by atoms with Gasteiger partial charge in [-0.15, -0.1) is 0 Å². The number of amides is 2. The van der Waals surface area contributed by atoms with Gasteiger partial charge >= 0.3 is 6.09 Å². The summed E-state index contributed by atoms with van der Waals surface area (Å²) in [6, 6.07) is 4.18. The highest BCUT2D eigenvalue weighted by atomic mass is 32.2. The van der Waals surface area contributed by atoms with Gasteiger partial charge in [0.1, 0.15) is 17.7 Å². The summed E-state index contributed by atoms with van der Waals surface area (Å²) in [7, 11) is 0.285. The molecule has 164 valence electrons. The van der Waals surface area contributed by atoms with Crippen LogP contribution < -0.4 is 15.8 Å². The molecule has 2 amide bonds. The zero-order valence-electron chi connectivity index (χ0n) is 17.0. The quantitative estimate of drug-likeness (QED) is 0.683. The average Bonchev–Trinajstić information content (AvgIpc) is 3.40. The lowest BCUT2D eigenvalue weighted by atomic mass is 10.1. The van der Waals surface area contributed by atoms with E-state index in [4.69, 9.17) is 19.9 Å². The molecule has 1 saturated heterocycles. The lowest BCUT2D eigenvalue weighted by Crippen LogP contribution is -2.30. The molecule has 3 heterocycles. The number of anilines is 1. The first-order chi connectivity index (χ1) is 14.9. The van der Waals surface area contributed by atoms with Crippen LogP contribution in [0, 0.1) is 5.82 Å². The highest BCUT2D eigenvalue weighted by molar-refractivity contribution is 8.31. The summed E-state index contributed by atoms with van der Waals surface area (Å²) in [6.07, 6.45) is 3.28. The summed E-state index contributed by atoms with van der Waals surface area (Å²) in [5.41, 5.74) is 7.89. The first kappa shape index (κ1) is 21.1. The number of nitrogens with one attached hydrogen (secondary N) is 1. The number of fused-ring (bicyclic) bond motifs is 1. The molecule has 1 fully saturated rings. The number of hydrogen-bond acceptors (Lipinski definition) is 6. The van der Waals surface area contributed by atoms with E-state index in [9.17, 15) is 14.0 Å². The Hall–Kier alpha value is -3.11. The lowest BCUT2D eigenvalue weighted by molar-refractivity contribution is 0.141. The molecule has 2 unspecified atom stereocenters. The maximum absolute atomic E-state index is 13.9. The molecule has 0 saturated carbocycles. The van der Waals surface area contributed by atoms with Gasteiger partial charge in [-0.1, -0.05) is 10.5 Å². The highest BCUT2D eigenvalue weighted by Crippen LogP contribution is 2.44. The normalized spacial score (nSPS) is 22.4. The van der Waals surface area contributed by atoms with E-state index in [0.717, 1.165) is 5.57 Å². The summed E-state index contributed by atoms with van der Waals surface area (Å²) in [6.45, 7) is 2.76. The van der Waals surface area contributed by atoms with Gasteiger partial charge in [0.2, 0.25) is 0 Å². The second kappa shape index (κ2) is 8.56. The number of carbonyl (C=O) groups excluding carboxylic acids is 2. The molecular weight excluding hydrogens is 425 g/mol. The van der Waals surface area contributed by atoms with E-state index >= 15 is 0 Å². The third-order valence-corrected chi connectivity index (χ3v) is 6.73. The second-order valence-electron chi connectivity index (χ2n) is 7.04. The van der Waals surface area contributed by atoms with Crippen molar-refractivity contribution in [3.05, 3.63) is 58.2 Å². The van der Waals surface area contributed by atoms with Crippen LogP contribution >= 0.6 is 10.5 Å². The SMILES string of the molecule is COC(=O)N1C=C2C(=CC=S2C(N)=O)C(Nc2ccc(F)cc2OC2CCOC2)=C1C. The van der Waals surface area contributed by atoms with Crippen molar-refractivity contribution in [3.63, 3.8) is 0 Å². The molecule has 3 aliphatic heterocycles. The van der Waals surface area contributed by atoms with E-state index in [-0.39, 0.29) is 6.10 Å². The number of methoxy groups -OCH3 is 1. The molecule has 1 aromatic rings. The van der Waals surface area contributed by atoms with E-state index in [1.807, 2.05) is 0 Å². The Morgan fingerprint density at radius 3 is 2.87 bits per heavy atom. The Morgan fingerprint density at radius 1 is 1.39 bits per heavy atom. The van der Waals surface area contributed by atoms with Gasteiger partial charge in [-0.05, 0) is 30.5 Å². The molecule has 0 aliphatic carbocycles. The minimum Gasteiger partial charge on any atom is -0.486 e. The van der Waals surface area contributed by atoms with Crippen LogP contribution in [0.1, 0.15) is 13.3 Å². The van der Waals surface area contributed by atoms with E-state index in [1.165, 1.54) is 24.1 Å². The van der Waals surface area contributed by atoms with E-state index in [2.05, 4.69) is 5.32 Å². The molecule has 10 heteroatoms. The number of nitrogens with zero attached hydrogens (tertiary/aromatic N) is 1. The molecule has 2 atom stereocenters. The van der Waals surface area contributed by atoms with Gasteiger partial charge in [0.25, 0.3) is 5.24 Å². The van der Waals surface area contributed by atoms with Gasteiger partial charge < -0.3 is 25.3 Å². The summed E-state index contributed by atoms with van der Waals surface area (Å²) < 4.78 is 30.1. The van der Waals surface area contributed by atoms with Crippen LogP contribution in [-0.4, -0.2) is 48.0 Å². The number of allylic oxidation sites excluding steroid dienone is 3. The largest absolute Gasteiger partial charge is 0.486 e. The first-order valence-electron chi connectivity index (χ1n) is 9.58. The molecule has 4 rings (SSSR count). The number of hydrogen-bond donors (Lipinski definition) is 2. The number of carbonyl (C=O) groups is 2. The fourth-order valence-electron chi connectivity index (χ4n) is 3.51. The van der Waals surface area contributed by atoms with E-state index in [1.54, 1.807) is 30.6 Å². The fraction of sp³-hybridized carbons (Fsp3) is 0.286. The number of rotatable bonds is 4. The van der Waals surface area contributed by atoms with Crippen LogP contribution in [0.25, 0.3) is 0 Å². The zero-order valence-corrected chi connectivity index (χ0v) is 17.8. The smallest absolute Gasteiger partial charge is 0.418 e. The molecular formula is C21H22FN3O5S. The van der Waals surface area contributed by atoms with Crippen molar-refractivity contribution >= 4 is 32.9 Å². The topological polar surface area (TPSA) is 103 Å². The average molecular weight is 447 g/mol. The van der Waals surface area contributed by atoms with E-state index < -0.39 is 27.6 Å². The maximum atomic E-state index is 13.9. The van der Waals surface area contributed by atoms with Gasteiger partial charge in [0.05, 0.1) is 31.7 Å². The zero-order chi connectivity index (χ0) is 22.1. The number of ether oxygens (including phenoxy) is 3. The first-order valence-corrected chi connectivity index (χ1v) is 10.9. The molecule has 3 aliphatic rings. The standard InChI is InChI=1S/C21H22FN3O5S/c1-12-19(15-6-8-31(20(23)26)18(15)10-25(12)21(27)28-2)24-16-4-3-13(22)9-17(16)30-14-5-7-29-11-14/h3-4,6,8-10,14,24H,5,7,11H2,1-2H3,(H2,23,26). The summed E-state index contributed by atoms with van der Waals surface area (Å²) in [5.74, 6) is -0.109. The molecule has 31 heavy (non-hydrogen) atoms. The van der Waals surface area contributed by atoms with Crippen molar-refractivity contribution < 1.29 is 28.2 Å². The van der Waals surface area contributed by atoms with Gasteiger partial charge in [0, 0.05) is 34.9 Å².